The van der Waals surface area contributed by atoms with Gasteiger partial charge in [-0.3, -0.25) is 0 Å². The summed E-state index contributed by atoms with van der Waals surface area (Å²) < 4.78 is 0. The van der Waals surface area contributed by atoms with Crippen molar-refractivity contribution >= 4 is 40.9 Å². The van der Waals surface area contributed by atoms with Crippen LogP contribution < -0.4 is 10.6 Å². The average molecular weight is 319 g/mol. The van der Waals surface area contributed by atoms with Gasteiger partial charge < -0.3 is 15.7 Å². The highest BCUT2D eigenvalue weighted by Gasteiger charge is 2.23. The number of urea groups is 1. The molecule has 0 fully saturated rings. The van der Waals surface area contributed by atoms with Crippen LogP contribution >= 0.6 is 23.2 Å². The minimum Gasteiger partial charge on any atom is -0.480 e. The smallest absolute Gasteiger partial charge is 0.326 e. The maximum absolute atomic E-state index is 11.8. The van der Waals surface area contributed by atoms with Gasteiger partial charge in [-0.2, -0.15) is 0 Å². The van der Waals surface area contributed by atoms with Gasteiger partial charge in [0.15, 0.2) is 0 Å². The molecule has 1 rings (SSSR count). The third kappa shape index (κ3) is 4.28. The third-order valence-corrected chi connectivity index (χ3v) is 3.44. The molecule has 0 aliphatic heterocycles. The number of aryl methyl sites for hydroxylation is 1. The molecule has 2 amide bonds. The highest BCUT2D eigenvalue weighted by atomic mass is 35.5. The lowest BCUT2D eigenvalue weighted by molar-refractivity contribution is -0.140. The lowest BCUT2D eigenvalue weighted by Crippen LogP contribution is -2.46. The van der Waals surface area contributed by atoms with E-state index in [9.17, 15) is 9.59 Å². The predicted molar refractivity (Wildman–Crippen MR) is 79.6 cm³/mol. The molecule has 1 aromatic carbocycles. The van der Waals surface area contributed by atoms with Crippen molar-refractivity contribution in [1.29, 1.82) is 0 Å². The number of anilines is 1. The van der Waals surface area contributed by atoms with Crippen LogP contribution in [0.1, 0.15) is 19.4 Å². The molecule has 0 aliphatic carbocycles. The zero-order valence-electron chi connectivity index (χ0n) is 11.3. The van der Waals surface area contributed by atoms with Gasteiger partial charge in [-0.1, -0.05) is 37.0 Å². The van der Waals surface area contributed by atoms with Crippen LogP contribution in [0.2, 0.25) is 10.0 Å². The van der Waals surface area contributed by atoms with E-state index in [1.807, 2.05) is 0 Å². The standard InChI is InChI=1S/C13H16Cl2N2O3/c1-6(2)11(12(18)19)17-13(20)16-10-5-8(14)7(3)4-9(10)15/h4-6,11H,1-3H3,(H,18,19)(H2,16,17,20)/t11-/m0/s1. The van der Waals surface area contributed by atoms with Gasteiger partial charge in [-0.15, -0.1) is 0 Å². The van der Waals surface area contributed by atoms with Crippen molar-refractivity contribution in [3.8, 4) is 0 Å². The first-order valence-corrected chi connectivity index (χ1v) is 6.74. The van der Waals surface area contributed by atoms with Crippen molar-refractivity contribution in [2.75, 3.05) is 5.32 Å². The fourth-order valence-electron chi connectivity index (χ4n) is 1.56. The molecule has 0 unspecified atom stereocenters. The van der Waals surface area contributed by atoms with Gasteiger partial charge >= 0.3 is 12.0 Å². The lowest BCUT2D eigenvalue weighted by Gasteiger charge is -2.18. The van der Waals surface area contributed by atoms with Gasteiger partial charge in [0.25, 0.3) is 0 Å². The molecule has 0 spiro atoms. The summed E-state index contributed by atoms with van der Waals surface area (Å²) in [5, 5.41) is 14.7. The quantitative estimate of drug-likeness (QED) is 0.794. The molecule has 20 heavy (non-hydrogen) atoms. The molecule has 0 saturated carbocycles. The van der Waals surface area contributed by atoms with Gasteiger partial charge in [-0.05, 0) is 30.5 Å². The van der Waals surface area contributed by atoms with E-state index in [4.69, 9.17) is 28.3 Å². The van der Waals surface area contributed by atoms with Gasteiger partial charge in [-0.25, -0.2) is 9.59 Å². The van der Waals surface area contributed by atoms with Crippen LogP contribution in [0, 0.1) is 12.8 Å². The van der Waals surface area contributed by atoms with Crippen LogP contribution in [0.15, 0.2) is 12.1 Å². The van der Waals surface area contributed by atoms with Crippen LogP contribution in [0.25, 0.3) is 0 Å². The molecular weight excluding hydrogens is 303 g/mol. The number of hydrogen-bond donors (Lipinski definition) is 3. The summed E-state index contributed by atoms with van der Waals surface area (Å²) in [6.45, 7) is 5.20. The molecule has 1 atom stereocenters. The molecule has 0 aliphatic rings. The van der Waals surface area contributed by atoms with Crippen molar-refractivity contribution < 1.29 is 14.7 Å². The zero-order chi connectivity index (χ0) is 15.4. The van der Waals surface area contributed by atoms with Crippen LogP contribution in [-0.4, -0.2) is 23.1 Å². The Morgan fingerprint density at radius 3 is 2.30 bits per heavy atom. The van der Waals surface area contributed by atoms with Crippen molar-refractivity contribution in [2.45, 2.75) is 26.8 Å². The minimum absolute atomic E-state index is 0.240. The molecule has 1 aromatic rings. The Bertz CT molecular complexity index is 533. The number of rotatable bonds is 4. The molecule has 0 bridgehead atoms. The van der Waals surface area contributed by atoms with E-state index in [0.29, 0.717) is 15.7 Å². The molecule has 110 valence electrons. The van der Waals surface area contributed by atoms with Crippen LogP contribution in [0.5, 0.6) is 0 Å². The van der Waals surface area contributed by atoms with E-state index in [1.165, 1.54) is 6.07 Å². The Balaban J connectivity index is 2.81. The molecule has 3 N–H and O–H groups in total. The molecule has 5 nitrogen and oxygen atoms in total. The second-order valence-electron chi connectivity index (χ2n) is 4.74. The summed E-state index contributed by atoms with van der Waals surface area (Å²) in [6, 6.07) is 1.52. The lowest BCUT2D eigenvalue weighted by atomic mass is 10.1. The highest BCUT2D eigenvalue weighted by Crippen LogP contribution is 2.28. The number of hydrogen-bond acceptors (Lipinski definition) is 2. The summed E-state index contributed by atoms with van der Waals surface area (Å²) in [4.78, 5) is 22.8. The first-order valence-electron chi connectivity index (χ1n) is 5.98. The maximum atomic E-state index is 11.8. The SMILES string of the molecule is Cc1cc(Cl)c(NC(=O)N[C@H](C(=O)O)C(C)C)cc1Cl. The fraction of sp³-hybridized carbons (Fsp3) is 0.385. The first-order chi connectivity index (χ1) is 9.22. The Morgan fingerprint density at radius 2 is 1.80 bits per heavy atom. The molecule has 0 heterocycles. The second kappa shape index (κ2) is 6.81. The molecule has 0 aromatic heterocycles. The predicted octanol–water partition coefficient (Wildman–Crippen LogP) is 3.53. The van der Waals surface area contributed by atoms with Crippen LogP contribution in [-0.2, 0) is 4.79 Å². The largest absolute Gasteiger partial charge is 0.480 e. The number of carboxylic acids is 1. The van der Waals surface area contributed by atoms with Gasteiger partial charge in [0.05, 0.1) is 10.7 Å². The van der Waals surface area contributed by atoms with Crippen LogP contribution in [0.4, 0.5) is 10.5 Å². The number of benzene rings is 1. The normalized spacial score (nSPS) is 12.1. The number of amides is 2. The van der Waals surface area contributed by atoms with Crippen molar-refractivity contribution in [3.63, 3.8) is 0 Å². The van der Waals surface area contributed by atoms with E-state index in [-0.39, 0.29) is 5.92 Å². The molecule has 0 saturated heterocycles. The summed E-state index contributed by atoms with van der Waals surface area (Å²) >= 11 is 11.9. The molecule has 0 radical (unpaired) electrons. The Kier molecular flexibility index (Phi) is 5.65. The minimum atomic E-state index is -1.09. The van der Waals surface area contributed by atoms with E-state index >= 15 is 0 Å². The number of halogens is 2. The number of carbonyl (C=O) groups is 2. The molecular formula is C13H16Cl2N2O3. The van der Waals surface area contributed by atoms with Crippen molar-refractivity contribution in [1.82, 2.24) is 5.32 Å². The summed E-state index contributed by atoms with van der Waals surface area (Å²) in [6.07, 6.45) is 0. The monoisotopic (exact) mass is 318 g/mol. The second-order valence-corrected chi connectivity index (χ2v) is 5.55. The van der Waals surface area contributed by atoms with Gasteiger partial charge in [0.2, 0.25) is 0 Å². The Morgan fingerprint density at radius 1 is 1.20 bits per heavy atom. The third-order valence-electron chi connectivity index (χ3n) is 2.72. The Hall–Kier alpha value is -1.46. The molecule has 7 heteroatoms. The zero-order valence-corrected chi connectivity index (χ0v) is 12.8. The van der Waals surface area contributed by atoms with Crippen molar-refractivity contribution in [2.24, 2.45) is 5.92 Å². The highest BCUT2D eigenvalue weighted by molar-refractivity contribution is 6.36. The number of carbonyl (C=O) groups excluding carboxylic acids is 1. The number of nitrogens with one attached hydrogen (secondary N) is 2. The van der Waals surface area contributed by atoms with E-state index in [1.54, 1.807) is 26.8 Å². The van der Waals surface area contributed by atoms with E-state index in [0.717, 1.165) is 5.56 Å². The average Bonchev–Trinajstić information content (AvgIpc) is 2.32. The topological polar surface area (TPSA) is 78.4 Å². The van der Waals surface area contributed by atoms with Gasteiger partial charge in [0.1, 0.15) is 6.04 Å². The summed E-state index contributed by atoms with van der Waals surface area (Å²) in [5.41, 5.74) is 1.11. The fourth-order valence-corrected chi connectivity index (χ4v) is 1.98. The Labute approximate surface area is 127 Å². The number of carboxylic acid groups (broad SMARTS) is 1. The first kappa shape index (κ1) is 16.6. The van der Waals surface area contributed by atoms with Crippen molar-refractivity contribution in [3.05, 3.63) is 27.7 Å². The summed E-state index contributed by atoms with van der Waals surface area (Å²) in [5.74, 6) is -1.33. The van der Waals surface area contributed by atoms with Gasteiger partial charge in [0, 0.05) is 5.02 Å². The van der Waals surface area contributed by atoms with E-state index in [2.05, 4.69) is 10.6 Å². The summed E-state index contributed by atoms with van der Waals surface area (Å²) in [7, 11) is 0. The maximum Gasteiger partial charge on any atom is 0.326 e. The van der Waals surface area contributed by atoms with Crippen LogP contribution in [0.3, 0.4) is 0 Å². The van der Waals surface area contributed by atoms with E-state index < -0.39 is 18.0 Å². The number of aliphatic carboxylic acids is 1.